The quantitative estimate of drug-likeness (QED) is 0.421. The number of aryl methyl sites for hydroxylation is 1. The topological polar surface area (TPSA) is 101 Å². The zero-order valence-corrected chi connectivity index (χ0v) is 21.5. The van der Waals surface area contributed by atoms with Crippen molar-refractivity contribution in [1.82, 2.24) is 39.6 Å². The predicted molar refractivity (Wildman–Crippen MR) is 138 cm³/mol. The van der Waals surface area contributed by atoms with Gasteiger partial charge in [-0.1, -0.05) is 52.0 Å². The highest BCUT2D eigenvalue weighted by Gasteiger charge is 2.34. The molecule has 0 saturated carbocycles. The number of tetrazole rings is 1. The van der Waals surface area contributed by atoms with Crippen LogP contribution in [-0.4, -0.2) is 58.8 Å². The maximum absolute atomic E-state index is 9.20. The second-order valence-corrected chi connectivity index (χ2v) is 10.8. The van der Waals surface area contributed by atoms with Crippen molar-refractivity contribution in [2.75, 3.05) is 13.1 Å². The molecule has 0 bridgehead atoms. The molecule has 4 aromatic rings. The maximum atomic E-state index is 9.20. The van der Waals surface area contributed by atoms with E-state index in [2.05, 4.69) is 68.6 Å². The van der Waals surface area contributed by atoms with Gasteiger partial charge in [0, 0.05) is 35.4 Å². The Balaban J connectivity index is 0.000000382. The van der Waals surface area contributed by atoms with E-state index in [1.54, 1.807) is 11.0 Å². The Kier molecular flexibility index (Phi) is 6.54. The molecule has 0 aliphatic carbocycles. The zero-order valence-electron chi connectivity index (χ0n) is 21.5. The monoisotopic (exact) mass is 483 g/mol. The molecule has 186 valence electrons. The van der Waals surface area contributed by atoms with Gasteiger partial charge in [-0.3, -0.25) is 0 Å². The number of nitrogens with zero attached hydrogens (tertiary/aromatic N) is 9. The number of fused-ring (bicyclic) bond motifs is 2. The first-order valence-corrected chi connectivity index (χ1v) is 12.7. The van der Waals surface area contributed by atoms with Gasteiger partial charge in [0.1, 0.15) is 18.3 Å². The minimum atomic E-state index is 0.0273. The summed E-state index contributed by atoms with van der Waals surface area (Å²) in [6.07, 6.45) is 5.58. The minimum absolute atomic E-state index is 0.0273. The Hall–Kier alpha value is -3.64. The first-order chi connectivity index (χ1) is 17.3. The molecule has 0 amide bonds. The molecular formula is C27H33N9. The van der Waals surface area contributed by atoms with E-state index in [0.717, 1.165) is 41.3 Å². The lowest BCUT2D eigenvalue weighted by Gasteiger charge is -2.50. The molecule has 2 aliphatic rings. The van der Waals surface area contributed by atoms with E-state index in [1.165, 1.54) is 31.5 Å². The normalized spacial score (nSPS) is 15.4. The van der Waals surface area contributed by atoms with E-state index in [-0.39, 0.29) is 11.2 Å². The fraction of sp³-hybridized carbons (Fsp3) is 0.481. The van der Waals surface area contributed by atoms with Crippen molar-refractivity contribution in [3.63, 3.8) is 0 Å². The summed E-state index contributed by atoms with van der Waals surface area (Å²) >= 11 is 0. The van der Waals surface area contributed by atoms with Crippen LogP contribution in [0, 0.1) is 16.7 Å². The standard InChI is InChI=1S/C22H24N8.C5H9N/c1-5-15-8-6-7-9-18(15)20-26-28-30(27-20)13-17-10-16-12-24-19(11-23)25-21(16)29(17)14-22(2,3)4;1-3-6-4-2-5(1)6/h6-10,12H,5,13-14H2,1-4H3;5H,1-4H2. The third-order valence-corrected chi connectivity index (χ3v) is 6.86. The number of hydrogen-bond acceptors (Lipinski definition) is 7. The van der Waals surface area contributed by atoms with Crippen LogP contribution >= 0.6 is 0 Å². The van der Waals surface area contributed by atoms with Gasteiger partial charge in [-0.05, 0) is 54.6 Å². The van der Waals surface area contributed by atoms with E-state index in [4.69, 9.17) is 0 Å². The highest BCUT2D eigenvalue weighted by Crippen LogP contribution is 2.29. The summed E-state index contributed by atoms with van der Waals surface area (Å²) in [7, 11) is 0. The number of rotatable bonds is 5. The average molecular weight is 484 g/mol. The van der Waals surface area contributed by atoms with Crippen LogP contribution in [0.25, 0.3) is 22.4 Å². The van der Waals surface area contributed by atoms with E-state index in [9.17, 15) is 5.26 Å². The lowest BCUT2D eigenvalue weighted by Crippen LogP contribution is -2.57. The third kappa shape index (κ3) is 5.00. The van der Waals surface area contributed by atoms with Crippen molar-refractivity contribution < 1.29 is 0 Å². The van der Waals surface area contributed by atoms with Crippen LogP contribution in [0.3, 0.4) is 0 Å². The molecule has 3 aromatic heterocycles. The SMILES string of the molecule is C1CN2CCC12.CCc1ccccc1-c1nnn(Cc2cc3cnc(C#N)nc3n2CC(C)(C)C)n1. The first-order valence-electron chi connectivity index (χ1n) is 12.7. The highest BCUT2D eigenvalue weighted by molar-refractivity contribution is 5.77. The number of hydrogen-bond donors (Lipinski definition) is 0. The van der Waals surface area contributed by atoms with Crippen molar-refractivity contribution in [3.8, 4) is 17.5 Å². The summed E-state index contributed by atoms with van der Waals surface area (Å²) in [5.41, 5.74) is 3.98. The molecule has 2 fully saturated rings. The maximum Gasteiger partial charge on any atom is 0.234 e. The molecule has 0 N–H and O–H groups in total. The van der Waals surface area contributed by atoms with Gasteiger partial charge in [-0.25, -0.2) is 9.97 Å². The van der Waals surface area contributed by atoms with E-state index < -0.39 is 0 Å². The van der Waals surface area contributed by atoms with Gasteiger partial charge in [-0.15, -0.1) is 10.2 Å². The molecule has 0 atom stereocenters. The van der Waals surface area contributed by atoms with Gasteiger partial charge in [0.25, 0.3) is 0 Å². The molecule has 5 heterocycles. The van der Waals surface area contributed by atoms with Gasteiger partial charge in [0.2, 0.25) is 11.6 Å². The van der Waals surface area contributed by atoms with Gasteiger partial charge >= 0.3 is 0 Å². The molecule has 0 unspecified atom stereocenters. The second-order valence-electron chi connectivity index (χ2n) is 10.8. The molecule has 2 aliphatic heterocycles. The molecule has 6 rings (SSSR count). The number of benzene rings is 1. The van der Waals surface area contributed by atoms with Crippen LogP contribution in [0.15, 0.2) is 36.5 Å². The van der Waals surface area contributed by atoms with Crippen LogP contribution in [0.2, 0.25) is 0 Å². The third-order valence-electron chi connectivity index (χ3n) is 6.86. The fourth-order valence-electron chi connectivity index (χ4n) is 4.78. The Morgan fingerprint density at radius 1 is 1.14 bits per heavy atom. The highest BCUT2D eigenvalue weighted by atomic mass is 15.6. The summed E-state index contributed by atoms with van der Waals surface area (Å²) in [4.78, 5) is 12.7. The molecule has 2 saturated heterocycles. The van der Waals surface area contributed by atoms with Crippen molar-refractivity contribution in [2.45, 2.75) is 66.1 Å². The fourth-order valence-corrected chi connectivity index (χ4v) is 4.78. The molecular weight excluding hydrogens is 450 g/mol. The summed E-state index contributed by atoms with van der Waals surface area (Å²) in [5.74, 6) is 0.789. The van der Waals surface area contributed by atoms with Crippen LogP contribution in [0.1, 0.15) is 57.6 Å². The van der Waals surface area contributed by atoms with E-state index >= 15 is 0 Å². The number of piperidine rings is 1. The molecule has 0 radical (unpaired) electrons. The van der Waals surface area contributed by atoms with E-state index in [1.807, 2.05) is 30.3 Å². The zero-order chi connectivity index (χ0) is 25.3. The summed E-state index contributed by atoms with van der Waals surface area (Å²) in [5, 5.41) is 23.3. The summed E-state index contributed by atoms with van der Waals surface area (Å²) in [6, 6.07) is 13.2. The van der Waals surface area contributed by atoms with Crippen LogP contribution in [0.4, 0.5) is 0 Å². The minimum Gasteiger partial charge on any atom is -0.327 e. The second kappa shape index (κ2) is 9.78. The Bertz CT molecular complexity index is 1380. The van der Waals surface area contributed by atoms with Gasteiger partial charge in [-0.2, -0.15) is 10.1 Å². The van der Waals surface area contributed by atoms with Gasteiger partial charge in [0.05, 0.1) is 0 Å². The summed E-state index contributed by atoms with van der Waals surface area (Å²) < 4.78 is 2.13. The van der Waals surface area contributed by atoms with Gasteiger partial charge in [0.15, 0.2) is 0 Å². The van der Waals surface area contributed by atoms with Crippen molar-refractivity contribution in [3.05, 3.63) is 53.6 Å². The Morgan fingerprint density at radius 2 is 1.89 bits per heavy atom. The predicted octanol–water partition coefficient (Wildman–Crippen LogP) is 4.08. The molecule has 36 heavy (non-hydrogen) atoms. The first kappa shape index (κ1) is 24.1. The van der Waals surface area contributed by atoms with Gasteiger partial charge < -0.3 is 9.47 Å². The average Bonchev–Trinajstić information content (AvgIpc) is 3.45. The Labute approximate surface area is 211 Å². The number of nitriles is 1. The molecule has 1 aromatic carbocycles. The molecule has 9 heteroatoms. The largest absolute Gasteiger partial charge is 0.327 e. The van der Waals surface area contributed by atoms with Crippen molar-refractivity contribution >= 4 is 11.0 Å². The number of aromatic nitrogens is 7. The lowest BCUT2D eigenvalue weighted by molar-refractivity contribution is -0.00222. The molecule has 9 nitrogen and oxygen atoms in total. The lowest BCUT2D eigenvalue weighted by atomic mass is 9.91. The smallest absolute Gasteiger partial charge is 0.234 e. The molecule has 0 spiro atoms. The van der Waals surface area contributed by atoms with Crippen LogP contribution < -0.4 is 0 Å². The van der Waals surface area contributed by atoms with Crippen molar-refractivity contribution in [1.29, 1.82) is 5.26 Å². The Morgan fingerprint density at radius 3 is 2.50 bits per heavy atom. The van der Waals surface area contributed by atoms with Crippen LogP contribution in [-0.2, 0) is 19.5 Å². The van der Waals surface area contributed by atoms with Crippen molar-refractivity contribution in [2.24, 2.45) is 5.41 Å². The van der Waals surface area contributed by atoms with E-state index in [0.29, 0.717) is 12.4 Å². The van der Waals surface area contributed by atoms with Crippen LogP contribution in [0.5, 0.6) is 0 Å². The summed E-state index contributed by atoms with van der Waals surface area (Å²) in [6.45, 7) is 12.6.